The minimum atomic E-state index is -3.64. The van der Waals surface area contributed by atoms with Crippen molar-refractivity contribution in [3.63, 3.8) is 0 Å². The summed E-state index contributed by atoms with van der Waals surface area (Å²) in [4.78, 5) is 13.2. The summed E-state index contributed by atoms with van der Waals surface area (Å²) in [5, 5.41) is 9.28. The second-order valence-corrected chi connectivity index (χ2v) is 11.8. The molecule has 0 fully saturated rings. The first-order chi connectivity index (χ1) is 17.6. The van der Waals surface area contributed by atoms with Gasteiger partial charge in [-0.25, -0.2) is 12.7 Å². The summed E-state index contributed by atoms with van der Waals surface area (Å²) in [6, 6.07) is 19.7. The summed E-state index contributed by atoms with van der Waals surface area (Å²) in [6.07, 6.45) is 0. The number of ketones is 1. The minimum Gasteiger partial charge on any atom is -0.497 e. The molecule has 0 amide bonds. The third-order valence-corrected chi connectivity index (χ3v) is 8.57. The van der Waals surface area contributed by atoms with E-state index in [-0.39, 0.29) is 16.4 Å². The maximum absolute atomic E-state index is 13.0. The minimum absolute atomic E-state index is 0.0108. The smallest absolute Gasteiger partial charge is 0.242 e. The van der Waals surface area contributed by atoms with Crippen molar-refractivity contribution < 1.29 is 17.9 Å². The molecule has 0 saturated carbocycles. The van der Waals surface area contributed by atoms with E-state index in [1.54, 1.807) is 31.4 Å². The van der Waals surface area contributed by atoms with Gasteiger partial charge in [-0.05, 0) is 43.7 Å². The molecule has 0 spiro atoms. The predicted molar refractivity (Wildman–Crippen MR) is 145 cm³/mol. The first kappa shape index (κ1) is 26.6. The molecular weight excluding hydrogens is 508 g/mol. The number of ether oxygens (including phenoxy) is 1. The quantitative estimate of drug-likeness (QED) is 0.224. The number of aromatic nitrogens is 3. The molecule has 1 heterocycles. The molecule has 37 heavy (non-hydrogen) atoms. The first-order valence-electron chi connectivity index (χ1n) is 11.5. The van der Waals surface area contributed by atoms with Crippen LogP contribution in [-0.2, 0) is 10.0 Å². The molecular formula is C27H28N4O4S2. The van der Waals surface area contributed by atoms with Crippen molar-refractivity contribution in [3.05, 3.63) is 83.4 Å². The molecule has 0 aliphatic rings. The Labute approximate surface area is 221 Å². The predicted octanol–water partition coefficient (Wildman–Crippen LogP) is 4.79. The van der Waals surface area contributed by atoms with Crippen LogP contribution in [0.25, 0.3) is 17.1 Å². The summed E-state index contributed by atoms with van der Waals surface area (Å²) in [7, 11) is 0.918. The van der Waals surface area contributed by atoms with Gasteiger partial charge in [-0.2, -0.15) is 0 Å². The molecule has 1 aromatic heterocycles. The lowest BCUT2D eigenvalue weighted by Crippen LogP contribution is -2.22. The van der Waals surface area contributed by atoms with Crippen molar-refractivity contribution >= 4 is 27.6 Å². The van der Waals surface area contributed by atoms with Gasteiger partial charge in [0.15, 0.2) is 16.8 Å². The second-order valence-electron chi connectivity index (χ2n) is 8.69. The van der Waals surface area contributed by atoms with E-state index in [1.807, 2.05) is 60.9 Å². The van der Waals surface area contributed by atoms with Gasteiger partial charge in [-0.15, -0.1) is 10.2 Å². The molecule has 0 bridgehead atoms. The average Bonchev–Trinajstić information content (AvgIpc) is 3.31. The first-order valence-corrected chi connectivity index (χ1v) is 13.9. The summed E-state index contributed by atoms with van der Waals surface area (Å²) in [6.45, 7) is 3.92. The van der Waals surface area contributed by atoms with E-state index >= 15 is 0 Å². The molecule has 0 aliphatic carbocycles. The number of methoxy groups -OCH3 is 1. The van der Waals surface area contributed by atoms with Crippen LogP contribution < -0.4 is 4.74 Å². The van der Waals surface area contributed by atoms with Gasteiger partial charge >= 0.3 is 0 Å². The number of nitrogens with zero attached hydrogens (tertiary/aromatic N) is 4. The number of benzene rings is 3. The maximum Gasteiger partial charge on any atom is 0.242 e. The van der Waals surface area contributed by atoms with Gasteiger partial charge in [0.25, 0.3) is 0 Å². The number of hydrogen-bond acceptors (Lipinski definition) is 7. The number of rotatable bonds is 9. The molecule has 8 nitrogen and oxygen atoms in total. The molecule has 0 N–H and O–H groups in total. The maximum atomic E-state index is 13.0. The Morgan fingerprint density at radius 1 is 1.00 bits per heavy atom. The molecule has 4 aromatic rings. The molecule has 0 saturated heterocycles. The van der Waals surface area contributed by atoms with Crippen molar-refractivity contribution in [1.82, 2.24) is 19.1 Å². The van der Waals surface area contributed by atoms with Crippen LogP contribution in [0.15, 0.2) is 76.8 Å². The summed E-state index contributed by atoms with van der Waals surface area (Å²) < 4.78 is 33.9. The monoisotopic (exact) mass is 536 g/mol. The highest BCUT2D eigenvalue weighted by molar-refractivity contribution is 7.99. The number of hydrogen-bond donors (Lipinski definition) is 0. The number of thioether (sulfide) groups is 1. The molecule has 192 valence electrons. The van der Waals surface area contributed by atoms with E-state index in [2.05, 4.69) is 10.2 Å². The highest BCUT2D eigenvalue weighted by atomic mass is 32.2. The third-order valence-electron chi connectivity index (χ3n) is 5.83. The lowest BCUT2D eigenvalue weighted by Gasteiger charge is -2.14. The standard InChI is InChI=1S/C27H28N4O4S2/c1-18-12-13-24(19(2)14-18)25(32)17-36-27-29-28-26(31(27)21-9-7-10-22(16-21)35-5)20-8-6-11-23(15-20)37(33,34)30(3)4/h6-16H,17H2,1-5H3. The SMILES string of the molecule is COc1cccc(-n2c(SCC(=O)c3ccc(C)cc3C)nnc2-c2cccc(S(=O)(=O)N(C)C)c2)c1. The Morgan fingerprint density at radius 2 is 1.76 bits per heavy atom. The van der Waals surface area contributed by atoms with Gasteiger partial charge in [-0.1, -0.05) is 53.7 Å². The highest BCUT2D eigenvalue weighted by Crippen LogP contribution is 2.31. The Morgan fingerprint density at radius 3 is 2.46 bits per heavy atom. The summed E-state index contributed by atoms with van der Waals surface area (Å²) in [5.74, 6) is 1.25. The number of Topliss-reactive ketones (excluding diaryl/α,β-unsaturated/α-hetero) is 1. The zero-order valence-corrected chi connectivity index (χ0v) is 22.9. The molecule has 0 atom stereocenters. The highest BCUT2D eigenvalue weighted by Gasteiger charge is 2.22. The van der Waals surface area contributed by atoms with Crippen LogP contribution in [0.2, 0.25) is 0 Å². The number of aryl methyl sites for hydroxylation is 2. The van der Waals surface area contributed by atoms with Crippen molar-refractivity contribution in [2.75, 3.05) is 27.0 Å². The van der Waals surface area contributed by atoms with Crippen molar-refractivity contribution in [2.45, 2.75) is 23.9 Å². The van der Waals surface area contributed by atoms with Gasteiger partial charge < -0.3 is 4.74 Å². The van der Waals surface area contributed by atoms with E-state index in [0.29, 0.717) is 27.9 Å². The largest absolute Gasteiger partial charge is 0.497 e. The Kier molecular flexibility index (Phi) is 7.82. The molecule has 10 heteroatoms. The fraction of sp³-hybridized carbons (Fsp3) is 0.222. The Hall–Kier alpha value is -3.47. The number of carbonyl (C=O) groups is 1. The average molecular weight is 537 g/mol. The second kappa shape index (κ2) is 10.9. The van der Waals surface area contributed by atoms with E-state index < -0.39 is 10.0 Å². The Bertz CT molecular complexity index is 1560. The van der Waals surface area contributed by atoms with Crippen LogP contribution >= 0.6 is 11.8 Å². The number of sulfonamides is 1. The van der Waals surface area contributed by atoms with Gasteiger partial charge in [0.2, 0.25) is 10.0 Å². The van der Waals surface area contributed by atoms with Gasteiger partial charge in [0, 0.05) is 31.3 Å². The van der Waals surface area contributed by atoms with Crippen molar-refractivity contribution in [2.24, 2.45) is 0 Å². The van der Waals surface area contributed by atoms with Gasteiger partial charge in [0.05, 0.1) is 23.4 Å². The third kappa shape index (κ3) is 5.61. The lowest BCUT2D eigenvalue weighted by atomic mass is 10.0. The molecule has 0 radical (unpaired) electrons. The summed E-state index contributed by atoms with van der Waals surface area (Å²) in [5.41, 5.74) is 4.00. The van der Waals surface area contributed by atoms with Crippen molar-refractivity contribution in [3.8, 4) is 22.8 Å². The zero-order chi connectivity index (χ0) is 26.7. The van der Waals surface area contributed by atoms with E-state index in [9.17, 15) is 13.2 Å². The van der Waals surface area contributed by atoms with Crippen LogP contribution in [0.4, 0.5) is 0 Å². The van der Waals surface area contributed by atoms with Crippen LogP contribution in [0.5, 0.6) is 5.75 Å². The Balaban J connectivity index is 1.76. The fourth-order valence-corrected chi connectivity index (χ4v) is 5.66. The zero-order valence-electron chi connectivity index (χ0n) is 21.3. The molecule has 0 aliphatic heterocycles. The van der Waals surface area contributed by atoms with Gasteiger partial charge in [0.1, 0.15) is 5.75 Å². The normalized spacial score (nSPS) is 11.6. The van der Waals surface area contributed by atoms with E-state index in [0.717, 1.165) is 16.8 Å². The van der Waals surface area contributed by atoms with Crippen LogP contribution in [0.3, 0.4) is 0 Å². The van der Waals surface area contributed by atoms with Crippen LogP contribution in [0.1, 0.15) is 21.5 Å². The topological polar surface area (TPSA) is 94.4 Å². The lowest BCUT2D eigenvalue weighted by molar-refractivity contribution is 0.102. The van der Waals surface area contributed by atoms with E-state index in [1.165, 1.54) is 30.2 Å². The molecule has 4 rings (SSSR count). The molecule has 3 aromatic carbocycles. The number of carbonyl (C=O) groups excluding carboxylic acids is 1. The van der Waals surface area contributed by atoms with Crippen molar-refractivity contribution in [1.29, 1.82) is 0 Å². The van der Waals surface area contributed by atoms with E-state index in [4.69, 9.17) is 4.74 Å². The van der Waals surface area contributed by atoms with Crippen LogP contribution in [-0.4, -0.2) is 60.2 Å². The van der Waals surface area contributed by atoms with Crippen LogP contribution in [0, 0.1) is 13.8 Å². The summed E-state index contributed by atoms with van der Waals surface area (Å²) >= 11 is 1.27. The van der Waals surface area contributed by atoms with Gasteiger partial charge in [-0.3, -0.25) is 9.36 Å². The molecule has 0 unspecified atom stereocenters. The fourth-order valence-electron chi connectivity index (χ4n) is 3.87.